The molecule has 2 heterocycles. The third-order valence-corrected chi connectivity index (χ3v) is 4.20. The number of aromatic nitrogens is 2. The standard InChI is InChI=1S/C20H17N3O/c24-20-9-7-17-12-16(6-8-19(17)22-20)18(13-23-11-10-21-14-23)15-4-2-1-3-5-15/h1-6,8,10-14H,7,9H2,(H,22,24)/b18-13-. The van der Waals surface area contributed by atoms with Crippen molar-refractivity contribution in [3.8, 4) is 0 Å². The molecular formula is C20H17N3O. The smallest absolute Gasteiger partial charge is 0.224 e. The number of nitrogens with one attached hydrogen (secondary N) is 1. The van der Waals surface area contributed by atoms with Crippen molar-refractivity contribution in [2.24, 2.45) is 0 Å². The Morgan fingerprint density at radius 2 is 1.96 bits per heavy atom. The van der Waals surface area contributed by atoms with E-state index in [-0.39, 0.29) is 5.91 Å². The fourth-order valence-electron chi connectivity index (χ4n) is 2.98. The van der Waals surface area contributed by atoms with Gasteiger partial charge in [-0.15, -0.1) is 0 Å². The highest BCUT2D eigenvalue weighted by Gasteiger charge is 2.16. The molecule has 0 spiro atoms. The molecule has 0 aliphatic carbocycles. The van der Waals surface area contributed by atoms with Crippen LogP contribution < -0.4 is 5.32 Å². The molecule has 4 nitrogen and oxygen atoms in total. The molecule has 24 heavy (non-hydrogen) atoms. The molecule has 118 valence electrons. The van der Waals surface area contributed by atoms with E-state index in [0.717, 1.165) is 28.8 Å². The number of nitrogens with zero attached hydrogens (tertiary/aromatic N) is 2. The van der Waals surface area contributed by atoms with Crippen LogP contribution in [0.2, 0.25) is 0 Å². The third-order valence-electron chi connectivity index (χ3n) is 4.20. The molecule has 1 amide bonds. The van der Waals surface area contributed by atoms with Gasteiger partial charge in [0.1, 0.15) is 0 Å². The highest BCUT2D eigenvalue weighted by atomic mass is 16.1. The average molecular weight is 315 g/mol. The highest BCUT2D eigenvalue weighted by molar-refractivity contribution is 5.95. The lowest BCUT2D eigenvalue weighted by Gasteiger charge is -2.18. The molecule has 0 saturated heterocycles. The number of fused-ring (bicyclic) bond motifs is 1. The van der Waals surface area contributed by atoms with Crippen molar-refractivity contribution in [3.63, 3.8) is 0 Å². The maximum atomic E-state index is 11.5. The van der Waals surface area contributed by atoms with E-state index in [2.05, 4.69) is 40.8 Å². The maximum absolute atomic E-state index is 11.5. The molecule has 1 N–H and O–H groups in total. The SMILES string of the molecule is O=C1CCc2cc(/C(=C\n3ccnc3)c3ccccc3)ccc2N1. The zero-order chi connectivity index (χ0) is 16.4. The van der Waals surface area contributed by atoms with Gasteiger partial charge in [0.05, 0.1) is 6.33 Å². The Bertz CT molecular complexity index is 896. The first-order valence-electron chi connectivity index (χ1n) is 7.97. The second-order valence-corrected chi connectivity index (χ2v) is 5.84. The highest BCUT2D eigenvalue weighted by Crippen LogP contribution is 2.30. The van der Waals surface area contributed by atoms with Crippen LogP contribution in [0, 0.1) is 0 Å². The summed E-state index contributed by atoms with van der Waals surface area (Å²) in [5.74, 6) is 0.0903. The van der Waals surface area contributed by atoms with Crippen molar-refractivity contribution in [3.05, 3.63) is 83.9 Å². The van der Waals surface area contributed by atoms with Gasteiger partial charge in [0.2, 0.25) is 5.91 Å². The van der Waals surface area contributed by atoms with Crippen LogP contribution in [0.3, 0.4) is 0 Å². The summed E-state index contributed by atoms with van der Waals surface area (Å²) in [6.45, 7) is 0. The van der Waals surface area contributed by atoms with Gasteiger partial charge < -0.3 is 9.88 Å². The number of hydrogen-bond donors (Lipinski definition) is 1. The molecule has 1 aromatic heterocycles. The number of amides is 1. The topological polar surface area (TPSA) is 46.9 Å². The van der Waals surface area contributed by atoms with E-state index < -0.39 is 0 Å². The number of benzene rings is 2. The number of hydrogen-bond acceptors (Lipinski definition) is 2. The van der Waals surface area contributed by atoms with Gasteiger partial charge in [-0.05, 0) is 35.2 Å². The van der Waals surface area contributed by atoms with E-state index in [0.29, 0.717) is 6.42 Å². The number of carbonyl (C=O) groups excluding carboxylic acids is 1. The van der Waals surface area contributed by atoms with Crippen molar-refractivity contribution >= 4 is 23.4 Å². The first-order chi connectivity index (χ1) is 11.8. The molecule has 0 atom stereocenters. The molecule has 4 heteroatoms. The van der Waals surface area contributed by atoms with Gasteiger partial charge in [-0.3, -0.25) is 4.79 Å². The minimum absolute atomic E-state index is 0.0903. The fraction of sp³-hybridized carbons (Fsp3) is 0.100. The minimum atomic E-state index is 0.0903. The van der Waals surface area contributed by atoms with Crippen LogP contribution in [0.15, 0.2) is 67.3 Å². The van der Waals surface area contributed by atoms with Gasteiger partial charge >= 0.3 is 0 Å². The second kappa shape index (κ2) is 6.16. The Labute approximate surface area is 140 Å². The summed E-state index contributed by atoms with van der Waals surface area (Å²) in [6, 6.07) is 16.5. The summed E-state index contributed by atoms with van der Waals surface area (Å²) in [5.41, 5.74) is 5.49. The van der Waals surface area contributed by atoms with Crippen LogP contribution in [-0.2, 0) is 11.2 Å². The Kier molecular flexibility index (Phi) is 3.71. The minimum Gasteiger partial charge on any atom is -0.326 e. The normalized spacial score (nSPS) is 14.2. The van der Waals surface area contributed by atoms with Gasteiger partial charge in [0, 0.05) is 36.3 Å². The summed E-state index contributed by atoms with van der Waals surface area (Å²) in [6.07, 6.45) is 8.86. The Balaban J connectivity index is 1.81. The van der Waals surface area contributed by atoms with E-state index in [4.69, 9.17) is 0 Å². The molecule has 3 aromatic rings. The monoisotopic (exact) mass is 315 g/mol. The van der Waals surface area contributed by atoms with Crippen LogP contribution >= 0.6 is 0 Å². The maximum Gasteiger partial charge on any atom is 0.224 e. The van der Waals surface area contributed by atoms with Crippen molar-refractivity contribution in [2.75, 3.05) is 5.32 Å². The van der Waals surface area contributed by atoms with Crippen LogP contribution in [0.1, 0.15) is 23.1 Å². The second-order valence-electron chi connectivity index (χ2n) is 5.84. The van der Waals surface area contributed by atoms with Crippen molar-refractivity contribution in [1.29, 1.82) is 0 Å². The van der Waals surface area contributed by atoms with E-state index in [9.17, 15) is 4.79 Å². The first-order valence-corrected chi connectivity index (χ1v) is 7.97. The molecule has 1 aliphatic rings. The lowest BCUT2D eigenvalue weighted by atomic mass is 9.94. The molecule has 0 bridgehead atoms. The van der Waals surface area contributed by atoms with Gasteiger partial charge in [0.15, 0.2) is 0 Å². The quantitative estimate of drug-likeness (QED) is 0.799. The summed E-state index contributed by atoms with van der Waals surface area (Å²) in [7, 11) is 0. The lowest BCUT2D eigenvalue weighted by molar-refractivity contribution is -0.116. The first kappa shape index (κ1) is 14.5. The molecular weight excluding hydrogens is 298 g/mol. The van der Waals surface area contributed by atoms with E-state index in [1.54, 1.807) is 12.5 Å². The summed E-state index contributed by atoms with van der Waals surface area (Å²) >= 11 is 0. The number of carbonyl (C=O) groups is 1. The lowest BCUT2D eigenvalue weighted by Crippen LogP contribution is -2.18. The summed E-state index contributed by atoms with van der Waals surface area (Å²) < 4.78 is 1.95. The Morgan fingerprint density at radius 1 is 1.08 bits per heavy atom. The summed E-state index contributed by atoms with van der Waals surface area (Å²) in [5, 5.41) is 2.94. The van der Waals surface area contributed by atoms with Gasteiger partial charge in [-0.25, -0.2) is 4.98 Å². The van der Waals surface area contributed by atoms with E-state index in [1.807, 2.05) is 35.0 Å². The number of aryl methyl sites for hydroxylation is 1. The van der Waals surface area contributed by atoms with Crippen molar-refractivity contribution in [2.45, 2.75) is 12.8 Å². The average Bonchev–Trinajstić information content (AvgIpc) is 3.13. The number of anilines is 1. The Morgan fingerprint density at radius 3 is 2.75 bits per heavy atom. The van der Waals surface area contributed by atoms with E-state index in [1.165, 1.54) is 5.56 Å². The third kappa shape index (κ3) is 2.86. The molecule has 4 rings (SSSR count). The van der Waals surface area contributed by atoms with Gasteiger partial charge in [-0.1, -0.05) is 36.4 Å². The van der Waals surface area contributed by atoms with Crippen LogP contribution in [-0.4, -0.2) is 15.5 Å². The Hall–Kier alpha value is -3.14. The summed E-state index contributed by atoms with van der Waals surface area (Å²) in [4.78, 5) is 15.7. The van der Waals surface area contributed by atoms with Crippen LogP contribution in [0.25, 0.3) is 11.8 Å². The number of imidazole rings is 1. The zero-order valence-electron chi connectivity index (χ0n) is 13.1. The van der Waals surface area contributed by atoms with Crippen molar-refractivity contribution in [1.82, 2.24) is 9.55 Å². The number of rotatable bonds is 3. The molecule has 1 aliphatic heterocycles. The zero-order valence-corrected chi connectivity index (χ0v) is 13.1. The van der Waals surface area contributed by atoms with E-state index >= 15 is 0 Å². The molecule has 0 radical (unpaired) electrons. The molecule has 0 unspecified atom stereocenters. The predicted molar refractivity (Wildman–Crippen MR) is 95.3 cm³/mol. The van der Waals surface area contributed by atoms with Crippen molar-refractivity contribution < 1.29 is 4.79 Å². The van der Waals surface area contributed by atoms with Gasteiger partial charge in [0.25, 0.3) is 0 Å². The predicted octanol–water partition coefficient (Wildman–Crippen LogP) is 3.81. The van der Waals surface area contributed by atoms with Crippen LogP contribution in [0.5, 0.6) is 0 Å². The molecule has 2 aromatic carbocycles. The van der Waals surface area contributed by atoms with Gasteiger partial charge in [-0.2, -0.15) is 0 Å². The molecule has 0 saturated carbocycles. The fourth-order valence-corrected chi connectivity index (χ4v) is 2.98. The molecule has 0 fully saturated rings. The van der Waals surface area contributed by atoms with Crippen LogP contribution in [0.4, 0.5) is 5.69 Å². The largest absolute Gasteiger partial charge is 0.326 e.